The van der Waals surface area contributed by atoms with Gasteiger partial charge in [-0.25, -0.2) is 0 Å². The largest absolute Gasteiger partial charge is 0.393 e. The van der Waals surface area contributed by atoms with Gasteiger partial charge in [-0.3, -0.25) is 0 Å². The summed E-state index contributed by atoms with van der Waals surface area (Å²) < 4.78 is 0. The second-order valence-electron chi connectivity index (χ2n) is 4.22. The summed E-state index contributed by atoms with van der Waals surface area (Å²) >= 11 is 0. The molecule has 0 unspecified atom stereocenters. The number of hydrogen-bond acceptors (Lipinski definition) is 1. The Labute approximate surface area is 81.9 Å². The molecular formula is C12H22O. The van der Waals surface area contributed by atoms with Crippen LogP contribution in [0.25, 0.3) is 0 Å². The molecule has 0 aromatic rings. The van der Waals surface area contributed by atoms with Gasteiger partial charge in [0.05, 0.1) is 6.10 Å². The van der Waals surface area contributed by atoms with E-state index in [0.717, 1.165) is 19.3 Å². The summed E-state index contributed by atoms with van der Waals surface area (Å²) in [6.07, 6.45) is 7.97. The van der Waals surface area contributed by atoms with E-state index in [2.05, 4.69) is 13.5 Å². The van der Waals surface area contributed by atoms with Crippen LogP contribution in [-0.2, 0) is 0 Å². The van der Waals surface area contributed by atoms with Gasteiger partial charge in [0.2, 0.25) is 0 Å². The monoisotopic (exact) mass is 182 g/mol. The minimum atomic E-state index is -0.110. The van der Waals surface area contributed by atoms with Crippen LogP contribution in [0.4, 0.5) is 0 Å². The number of aliphatic hydroxyl groups excluding tert-OH is 1. The molecular weight excluding hydrogens is 160 g/mol. The van der Waals surface area contributed by atoms with Crippen molar-refractivity contribution < 1.29 is 5.11 Å². The highest BCUT2D eigenvalue weighted by Gasteiger charge is 2.23. The average Bonchev–Trinajstić information content (AvgIpc) is 2.26. The van der Waals surface area contributed by atoms with Crippen molar-refractivity contribution in [1.82, 2.24) is 0 Å². The van der Waals surface area contributed by atoms with Crippen LogP contribution in [0.5, 0.6) is 0 Å². The Morgan fingerprint density at radius 3 is 2.92 bits per heavy atom. The summed E-state index contributed by atoms with van der Waals surface area (Å²) in [7, 11) is 0. The Kier molecular flexibility index (Phi) is 4.51. The van der Waals surface area contributed by atoms with Crippen LogP contribution in [0.2, 0.25) is 0 Å². The molecule has 1 N–H and O–H groups in total. The third-order valence-corrected chi connectivity index (χ3v) is 3.11. The fraction of sp³-hybridized carbons (Fsp3) is 0.833. The predicted octanol–water partition coefficient (Wildman–Crippen LogP) is 3.28. The molecule has 2 atom stereocenters. The summed E-state index contributed by atoms with van der Waals surface area (Å²) in [4.78, 5) is 0. The molecule has 1 aliphatic rings. The van der Waals surface area contributed by atoms with Crippen LogP contribution in [0, 0.1) is 5.92 Å². The van der Waals surface area contributed by atoms with E-state index in [-0.39, 0.29) is 6.10 Å². The van der Waals surface area contributed by atoms with Crippen molar-refractivity contribution in [2.45, 2.75) is 58.0 Å². The Balaban J connectivity index is 2.48. The van der Waals surface area contributed by atoms with E-state index in [1.807, 2.05) is 0 Å². The first-order valence-corrected chi connectivity index (χ1v) is 5.61. The molecule has 0 radical (unpaired) electrons. The van der Waals surface area contributed by atoms with E-state index < -0.39 is 0 Å². The second-order valence-corrected chi connectivity index (χ2v) is 4.22. The van der Waals surface area contributed by atoms with Crippen LogP contribution in [-0.4, -0.2) is 11.2 Å². The van der Waals surface area contributed by atoms with E-state index in [0.29, 0.717) is 5.92 Å². The van der Waals surface area contributed by atoms with Gasteiger partial charge < -0.3 is 5.11 Å². The number of hydrogen-bond donors (Lipinski definition) is 1. The Morgan fingerprint density at radius 2 is 2.23 bits per heavy atom. The molecule has 0 spiro atoms. The molecule has 1 saturated carbocycles. The topological polar surface area (TPSA) is 20.2 Å². The number of rotatable bonds is 3. The maximum absolute atomic E-state index is 9.89. The van der Waals surface area contributed by atoms with E-state index in [1.54, 1.807) is 0 Å². The van der Waals surface area contributed by atoms with Gasteiger partial charge in [0.25, 0.3) is 0 Å². The summed E-state index contributed by atoms with van der Waals surface area (Å²) in [5, 5.41) is 9.89. The van der Waals surface area contributed by atoms with Crippen molar-refractivity contribution in [2.75, 3.05) is 0 Å². The van der Waals surface area contributed by atoms with Gasteiger partial charge in [-0.15, -0.1) is 0 Å². The van der Waals surface area contributed by atoms with Crippen LogP contribution in [0.1, 0.15) is 51.9 Å². The molecule has 1 aliphatic carbocycles. The van der Waals surface area contributed by atoms with Gasteiger partial charge in [0.1, 0.15) is 0 Å². The fourth-order valence-corrected chi connectivity index (χ4v) is 2.18. The Bertz CT molecular complexity index is 163. The lowest BCUT2D eigenvalue weighted by atomic mass is 9.88. The molecule has 0 bridgehead atoms. The standard InChI is InChI=1S/C12H22O/c1-3-4-8-11-10(2)7-5-6-9-12(11)13/h11-13H,2-9H2,1H3/t11-,12-/m0/s1. The fourth-order valence-electron chi connectivity index (χ4n) is 2.18. The minimum absolute atomic E-state index is 0.110. The predicted molar refractivity (Wildman–Crippen MR) is 56.6 cm³/mol. The van der Waals surface area contributed by atoms with Crippen molar-refractivity contribution in [3.8, 4) is 0 Å². The lowest BCUT2D eigenvalue weighted by molar-refractivity contribution is 0.113. The zero-order valence-corrected chi connectivity index (χ0v) is 8.76. The number of unbranched alkanes of at least 4 members (excludes halogenated alkanes) is 1. The van der Waals surface area contributed by atoms with Gasteiger partial charge in [0, 0.05) is 5.92 Å². The van der Waals surface area contributed by atoms with Gasteiger partial charge in [-0.1, -0.05) is 38.3 Å². The van der Waals surface area contributed by atoms with Crippen molar-refractivity contribution in [3.63, 3.8) is 0 Å². The third kappa shape index (κ3) is 3.15. The highest BCUT2D eigenvalue weighted by Crippen LogP contribution is 2.30. The first kappa shape index (κ1) is 10.8. The van der Waals surface area contributed by atoms with E-state index >= 15 is 0 Å². The number of aliphatic hydroxyl groups is 1. The minimum Gasteiger partial charge on any atom is -0.393 e. The van der Waals surface area contributed by atoms with Gasteiger partial charge in [-0.05, 0) is 25.7 Å². The zero-order chi connectivity index (χ0) is 9.68. The smallest absolute Gasteiger partial charge is 0.0605 e. The maximum Gasteiger partial charge on any atom is 0.0605 e. The first-order chi connectivity index (χ1) is 6.25. The van der Waals surface area contributed by atoms with Gasteiger partial charge in [0.15, 0.2) is 0 Å². The molecule has 13 heavy (non-hydrogen) atoms. The third-order valence-electron chi connectivity index (χ3n) is 3.11. The molecule has 0 aliphatic heterocycles. The van der Waals surface area contributed by atoms with E-state index in [1.165, 1.54) is 31.3 Å². The Hall–Kier alpha value is -0.300. The SMILES string of the molecule is C=C1CCCC[C@H](O)[C@H]1CCCC. The highest BCUT2D eigenvalue weighted by molar-refractivity contribution is 5.04. The molecule has 0 amide bonds. The quantitative estimate of drug-likeness (QED) is 0.524. The van der Waals surface area contributed by atoms with Crippen molar-refractivity contribution in [1.29, 1.82) is 0 Å². The molecule has 1 heteroatoms. The summed E-state index contributed by atoms with van der Waals surface area (Å²) in [5.41, 5.74) is 1.29. The molecule has 1 nitrogen and oxygen atoms in total. The summed E-state index contributed by atoms with van der Waals surface area (Å²) in [6.45, 7) is 6.30. The molecule has 1 rings (SSSR count). The summed E-state index contributed by atoms with van der Waals surface area (Å²) in [5.74, 6) is 0.391. The van der Waals surface area contributed by atoms with Gasteiger partial charge >= 0.3 is 0 Å². The maximum atomic E-state index is 9.89. The molecule has 0 aromatic carbocycles. The van der Waals surface area contributed by atoms with E-state index in [9.17, 15) is 5.11 Å². The van der Waals surface area contributed by atoms with E-state index in [4.69, 9.17) is 0 Å². The zero-order valence-electron chi connectivity index (χ0n) is 8.76. The van der Waals surface area contributed by atoms with Crippen LogP contribution in [0.3, 0.4) is 0 Å². The molecule has 0 heterocycles. The van der Waals surface area contributed by atoms with Crippen LogP contribution < -0.4 is 0 Å². The normalized spacial score (nSPS) is 30.2. The van der Waals surface area contributed by atoms with Crippen molar-refractivity contribution in [2.24, 2.45) is 5.92 Å². The molecule has 1 fully saturated rings. The average molecular weight is 182 g/mol. The molecule has 0 aromatic heterocycles. The van der Waals surface area contributed by atoms with Crippen molar-refractivity contribution in [3.05, 3.63) is 12.2 Å². The highest BCUT2D eigenvalue weighted by atomic mass is 16.3. The van der Waals surface area contributed by atoms with Crippen LogP contribution in [0.15, 0.2) is 12.2 Å². The lowest BCUT2D eigenvalue weighted by Crippen LogP contribution is -2.20. The summed E-state index contributed by atoms with van der Waals surface area (Å²) in [6, 6.07) is 0. The Morgan fingerprint density at radius 1 is 1.46 bits per heavy atom. The molecule has 0 saturated heterocycles. The first-order valence-electron chi connectivity index (χ1n) is 5.61. The van der Waals surface area contributed by atoms with Gasteiger partial charge in [-0.2, -0.15) is 0 Å². The van der Waals surface area contributed by atoms with Crippen LogP contribution >= 0.6 is 0 Å². The molecule has 76 valence electrons. The van der Waals surface area contributed by atoms with Crippen molar-refractivity contribution >= 4 is 0 Å². The second kappa shape index (κ2) is 5.43. The lowest BCUT2D eigenvalue weighted by Gasteiger charge is -2.21.